The highest BCUT2D eigenvalue weighted by Gasteiger charge is 2.28. The van der Waals surface area contributed by atoms with Gasteiger partial charge in [0.1, 0.15) is 22.8 Å². The molecule has 0 saturated heterocycles. The van der Waals surface area contributed by atoms with Crippen LogP contribution in [-0.4, -0.2) is 37.3 Å². The number of nitrogens with zero attached hydrogens (tertiary/aromatic N) is 3. The summed E-state index contributed by atoms with van der Waals surface area (Å²) in [5.74, 6) is -2.31. The number of imidazole rings is 1. The third kappa shape index (κ3) is 5.26. The number of aromatic nitrogens is 3. The first-order chi connectivity index (χ1) is 21.5. The number of amides is 2. The molecule has 15 nitrogen and oxygen atoms in total. The van der Waals surface area contributed by atoms with Crippen LogP contribution in [0, 0.1) is 0 Å². The molecule has 2 amide bonds. The third-order valence-corrected chi connectivity index (χ3v) is 7.74. The van der Waals surface area contributed by atoms with E-state index in [4.69, 9.17) is 17.2 Å². The second-order valence-electron chi connectivity index (χ2n) is 10.6. The number of rotatable bonds is 9. The van der Waals surface area contributed by atoms with E-state index in [1.165, 1.54) is 16.5 Å². The van der Waals surface area contributed by atoms with E-state index in [0.717, 1.165) is 22.3 Å². The number of carbonyl (C=O) groups excluding carboxylic acids is 2. The molecule has 45 heavy (non-hydrogen) atoms. The molecule has 0 saturated carbocycles. The Morgan fingerprint density at radius 2 is 1.69 bits per heavy atom. The molecule has 10 N–H and O–H groups in total. The molecule has 0 aliphatic heterocycles. The number of carboxylic acids is 1. The Balaban J connectivity index is 1.19. The molecule has 228 valence electrons. The normalized spacial score (nSPS) is 13.9. The average Bonchev–Trinajstić information content (AvgIpc) is 3.57. The number of fused-ring (bicyclic) bond motifs is 2. The predicted octanol–water partition coefficient (Wildman–Crippen LogP) is 0.730. The van der Waals surface area contributed by atoms with Crippen molar-refractivity contribution in [2.24, 2.45) is 0 Å². The quantitative estimate of drug-likeness (QED) is 0.114. The largest absolute Gasteiger partial charge is 0.478 e. The lowest BCUT2D eigenvalue weighted by atomic mass is 10.0. The Kier molecular flexibility index (Phi) is 7.12. The van der Waals surface area contributed by atoms with Crippen molar-refractivity contribution in [3.63, 3.8) is 0 Å². The molecule has 15 heteroatoms. The molecule has 1 aliphatic rings. The Morgan fingerprint density at radius 3 is 2.42 bits per heavy atom. The SMILES string of the molecule is Nc1c(NCc2cccc(CNC(=O)c3cc(C(=O)N[C@H]4CCc5cc(C(=O)O)ccc54)n4c(N)nc(N)c4n3)c2)c(=O)c1=O. The summed E-state index contributed by atoms with van der Waals surface area (Å²) in [5.41, 5.74) is 19.5. The standard InChI is InChI=1S/C30H27N9O6/c31-21-22(24(41)23(21)40)34-11-13-2-1-3-14(8-13)12-35-27(42)19-10-20(39-26(36-19)25(32)38-30(39)33)28(43)37-18-7-5-15-9-16(29(44)45)4-6-17(15)18/h1-4,6,8-10,18,34H,5,7,11-12,31-32H2,(H2,33,38)(H,35,42)(H,37,43)(H,44,45)/t18-/m0/s1. The molecule has 5 aromatic rings. The summed E-state index contributed by atoms with van der Waals surface area (Å²) in [7, 11) is 0. The number of benzene rings is 2. The van der Waals surface area contributed by atoms with E-state index in [-0.39, 0.29) is 58.8 Å². The summed E-state index contributed by atoms with van der Waals surface area (Å²) in [4.78, 5) is 69.5. The highest BCUT2D eigenvalue weighted by Crippen LogP contribution is 2.32. The highest BCUT2D eigenvalue weighted by atomic mass is 16.4. The maximum absolute atomic E-state index is 13.6. The molecule has 1 aliphatic carbocycles. The van der Waals surface area contributed by atoms with Gasteiger partial charge in [0.15, 0.2) is 11.5 Å². The van der Waals surface area contributed by atoms with Gasteiger partial charge in [-0.1, -0.05) is 30.3 Å². The van der Waals surface area contributed by atoms with Crippen molar-refractivity contribution < 1.29 is 19.5 Å². The summed E-state index contributed by atoms with van der Waals surface area (Å²) in [6, 6.07) is 12.9. The second-order valence-corrected chi connectivity index (χ2v) is 10.6. The van der Waals surface area contributed by atoms with Gasteiger partial charge in [-0.15, -0.1) is 0 Å². The number of hydrogen-bond acceptors (Lipinski definition) is 11. The molecule has 0 unspecified atom stereocenters. The van der Waals surface area contributed by atoms with Crippen LogP contribution >= 0.6 is 0 Å². The van der Waals surface area contributed by atoms with Crippen molar-refractivity contribution in [3.05, 3.63) is 108 Å². The summed E-state index contributed by atoms with van der Waals surface area (Å²) in [6.45, 7) is 0.346. The zero-order chi connectivity index (χ0) is 32.0. The van der Waals surface area contributed by atoms with E-state index in [1.54, 1.807) is 36.4 Å². The highest BCUT2D eigenvalue weighted by molar-refractivity contribution is 5.99. The van der Waals surface area contributed by atoms with Crippen LogP contribution in [-0.2, 0) is 19.5 Å². The number of carboxylic acid groups (broad SMARTS) is 1. The van der Waals surface area contributed by atoms with Gasteiger partial charge in [-0.3, -0.25) is 23.6 Å². The van der Waals surface area contributed by atoms with Crippen LogP contribution in [0.1, 0.15) is 66.1 Å². The van der Waals surface area contributed by atoms with Crippen molar-refractivity contribution in [2.75, 3.05) is 22.5 Å². The van der Waals surface area contributed by atoms with Gasteiger partial charge in [0.05, 0.1) is 11.6 Å². The number of nitrogen functional groups attached to an aromatic ring is 3. The number of nitrogens with one attached hydrogen (secondary N) is 3. The topological polar surface area (TPSA) is 250 Å². The average molecular weight is 610 g/mol. The first kappa shape index (κ1) is 28.9. The lowest BCUT2D eigenvalue weighted by Gasteiger charge is -2.16. The van der Waals surface area contributed by atoms with Gasteiger partial charge in [0.25, 0.3) is 22.7 Å². The van der Waals surface area contributed by atoms with Gasteiger partial charge < -0.3 is 38.3 Å². The van der Waals surface area contributed by atoms with Crippen LogP contribution in [0.5, 0.6) is 0 Å². The molecular weight excluding hydrogens is 582 g/mol. The van der Waals surface area contributed by atoms with E-state index in [0.29, 0.717) is 12.8 Å². The minimum Gasteiger partial charge on any atom is -0.478 e. The van der Waals surface area contributed by atoms with E-state index in [1.807, 2.05) is 0 Å². The Bertz CT molecular complexity index is 2110. The third-order valence-electron chi connectivity index (χ3n) is 7.74. The first-order valence-corrected chi connectivity index (χ1v) is 13.8. The maximum atomic E-state index is 13.6. The fourth-order valence-electron chi connectivity index (χ4n) is 5.45. The van der Waals surface area contributed by atoms with Crippen LogP contribution in [0.4, 0.5) is 23.1 Å². The van der Waals surface area contributed by atoms with Gasteiger partial charge in [-0.2, -0.15) is 4.98 Å². The minimum absolute atomic E-state index is 0.00636. The molecular formula is C30H27N9O6. The van der Waals surface area contributed by atoms with Crippen LogP contribution in [0.25, 0.3) is 5.65 Å². The molecule has 0 fully saturated rings. The van der Waals surface area contributed by atoms with Crippen LogP contribution < -0.4 is 44.0 Å². The molecule has 1 atom stereocenters. The van der Waals surface area contributed by atoms with Crippen molar-refractivity contribution in [1.82, 2.24) is 25.0 Å². The van der Waals surface area contributed by atoms with Gasteiger partial charge in [0.2, 0.25) is 5.95 Å². The lowest BCUT2D eigenvalue weighted by Crippen LogP contribution is -2.36. The van der Waals surface area contributed by atoms with E-state index >= 15 is 0 Å². The van der Waals surface area contributed by atoms with E-state index in [2.05, 4.69) is 25.9 Å². The predicted molar refractivity (Wildman–Crippen MR) is 164 cm³/mol. The summed E-state index contributed by atoms with van der Waals surface area (Å²) >= 11 is 0. The summed E-state index contributed by atoms with van der Waals surface area (Å²) in [5, 5.41) is 17.9. The Hall–Kier alpha value is -6.25. The number of carbonyl (C=O) groups is 3. The monoisotopic (exact) mass is 609 g/mol. The van der Waals surface area contributed by atoms with E-state index in [9.17, 15) is 29.1 Å². The van der Waals surface area contributed by atoms with Crippen LogP contribution in [0.15, 0.2) is 58.1 Å². The van der Waals surface area contributed by atoms with Crippen molar-refractivity contribution >= 4 is 46.6 Å². The van der Waals surface area contributed by atoms with Crippen molar-refractivity contribution in [3.8, 4) is 0 Å². The Labute approximate surface area is 253 Å². The molecule has 2 aromatic heterocycles. The van der Waals surface area contributed by atoms with Gasteiger partial charge in [0, 0.05) is 13.1 Å². The van der Waals surface area contributed by atoms with Gasteiger partial charge in [-0.05, 0) is 53.3 Å². The fraction of sp³-hybridized carbons (Fsp3) is 0.167. The summed E-state index contributed by atoms with van der Waals surface area (Å²) < 4.78 is 1.27. The molecule has 0 bridgehead atoms. The molecule has 6 rings (SSSR count). The van der Waals surface area contributed by atoms with E-state index < -0.39 is 34.7 Å². The van der Waals surface area contributed by atoms with Gasteiger partial charge in [-0.25, -0.2) is 9.78 Å². The molecule has 2 heterocycles. The van der Waals surface area contributed by atoms with Crippen molar-refractivity contribution in [2.45, 2.75) is 32.0 Å². The number of hydrogen-bond donors (Lipinski definition) is 7. The fourth-order valence-corrected chi connectivity index (χ4v) is 5.45. The minimum atomic E-state index is -1.03. The van der Waals surface area contributed by atoms with Crippen LogP contribution in [0.2, 0.25) is 0 Å². The van der Waals surface area contributed by atoms with Crippen molar-refractivity contribution in [1.29, 1.82) is 0 Å². The Morgan fingerprint density at radius 1 is 0.933 bits per heavy atom. The molecule has 0 radical (unpaired) electrons. The second kappa shape index (κ2) is 11.1. The molecule has 3 aromatic carbocycles. The zero-order valence-corrected chi connectivity index (χ0v) is 23.6. The zero-order valence-electron chi connectivity index (χ0n) is 23.6. The smallest absolute Gasteiger partial charge is 0.335 e. The first-order valence-electron chi connectivity index (χ1n) is 13.8. The number of aryl methyl sites for hydroxylation is 1. The molecule has 0 spiro atoms. The number of aromatic carboxylic acids is 1. The maximum Gasteiger partial charge on any atom is 0.335 e. The lowest BCUT2D eigenvalue weighted by molar-refractivity contribution is 0.0696. The number of nitrogens with two attached hydrogens (primary N) is 3. The summed E-state index contributed by atoms with van der Waals surface area (Å²) in [6.07, 6.45) is 1.14. The van der Waals surface area contributed by atoms with Gasteiger partial charge >= 0.3 is 5.97 Å². The number of anilines is 4. The van der Waals surface area contributed by atoms with Crippen LogP contribution in [0.3, 0.4) is 0 Å².